The fourth-order valence-corrected chi connectivity index (χ4v) is 1.72. The topological polar surface area (TPSA) is 57.4 Å². The average Bonchev–Trinajstić information content (AvgIpc) is 2.37. The van der Waals surface area contributed by atoms with Gasteiger partial charge >= 0.3 is 0 Å². The summed E-state index contributed by atoms with van der Waals surface area (Å²) in [5, 5.41) is 0. The molecule has 4 nitrogen and oxygen atoms in total. The lowest BCUT2D eigenvalue weighted by molar-refractivity contribution is 0.232. The van der Waals surface area contributed by atoms with Crippen LogP contribution in [0.5, 0.6) is 17.5 Å². The Kier molecular flexibility index (Phi) is 4.44. The zero-order chi connectivity index (χ0) is 14.7. The van der Waals surface area contributed by atoms with E-state index in [2.05, 4.69) is 20.9 Å². The number of aromatic nitrogens is 1. The van der Waals surface area contributed by atoms with Crippen molar-refractivity contribution in [1.82, 2.24) is 4.98 Å². The Morgan fingerprint density at radius 1 is 1.25 bits per heavy atom. The normalized spacial score (nSPS) is 10.7. The maximum absolute atomic E-state index is 13.4. The number of halogens is 2. The van der Waals surface area contributed by atoms with Gasteiger partial charge in [0.15, 0.2) is 0 Å². The first kappa shape index (κ1) is 14.6. The van der Waals surface area contributed by atoms with E-state index in [1.807, 2.05) is 13.8 Å². The summed E-state index contributed by atoms with van der Waals surface area (Å²) < 4.78 is 24.7. The maximum atomic E-state index is 13.4. The van der Waals surface area contributed by atoms with E-state index >= 15 is 0 Å². The number of hydrogen-bond acceptors (Lipinski definition) is 4. The van der Waals surface area contributed by atoms with E-state index < -0.39 is 5.82 Å². The Balaban J connectivity index is 2.22. The van der Waals surface area contributed by atoms with E-state index in [0.717, 1.165) is 0 Å². The highest BCUT2D eigenvalue weighted by Gasteiger charge is 2.09. The first-order chi connectivity index (χ1) is 9.45. The van der Waals surface area contributed by atoms with Gasteiger partial charge in [-0.3, -0.25) is 0 Å². The molecule has 6 heteroatoms. The van der Waals surface area contributed by atoms with Gasteiger partial charge in [0, 0.05) is 12.1 Å². The monoisotopic (exact) mass is 340 g/mol. The predicted octanol–water partition coefficient (Wildman–Crippen LogP) is 4.14. The van der Waals surface area contributed by atoms with Crippen LogP contribution in [0.4, 0.5) is 10.1 Å². The fraction of sp³-hybridized carbons (Fsp3) is 0.214. The smallest absolute Gasteiger partial charge is 0.240 e. The molecule has 106 valence electrons. The van der Waals surface area contributed by atoms with Crippen LogP contribution in [0, 0.1) is 5.82 Å². The number of hydrogen-bond donors (Lipinski definition) is 1. The third-order valence-electron chi connectivity index (χ3n) is 2.32. The lowest BCUT2D eigenvalue weighted by Crippen LogP contribution is -2.09. The molecule has 2 N–H and O–H groups in total. The molecular weight excluding hydrogens is 327 g/mol. The number of nitrogens with zero attached hydrogens (tertiary/aromatic N) is 1. The molecule has 0 saturated heterocycles. The maximum Gasteiger partial charge on any atom is 0.240 e. The predicted molar refractivity (Wildman–Crippen MR) is 78.6 cm³/mol. The Labute approximate surface area is 124 Å². The minimum atomic E-state index is -0.406. The summed E-state index contributed by atoms with van der Waals surface area (Å²) in [4.78, 5) is 4.16. The largest absolute Gasteiger partial charge is 0.473 e. The summed E-state index contributed by atoms with van der Waals surface area (Å²) in [5.41, 5.74) is 6.19. The van der Waals surface area contributed by atoms with Crippen molar-refractivity contribution in [3.63, 3.8) is 0 Å². The van der Waals surface area contributed by atoms with E-state index in [4.69, 9.17) is 15.2 Å². The number of nitrogens with two attached hydrogens (primary N) is 1. The van der Waals surface area contributed by atoms with E-state index in [1.165, 1.54) is 6.07 Å². The van der Waals surface area contributed by atoms with Gasteiger partial charge in [0.1, 0.15) is 11.6 Å². The fourth-order valence-electron chi connectivity index (χ4n) is 1.47. The molecule has 1 heterocycles. The molecule has 0 radical (unpaired) electrons. The van der Waals surface area contributed by atoms with E-state index in [9.17, 15) is 4.39 Å². The van der Waals surface area contributed by atoms with Crippen LogP contribution in [-0.4, -0.2) is 11.1 Å². The zero-order valence-corrected chi connectivity index (χ0v) is 12.6. The van der Waals surface area contributed by atoms with Gasteiger partial charge in [0.25, 0.3) is 0 Å². The minimum absolute atomic E-state index is 0.0508. The van der Waals surface area contributed by atoms with Gasteiger partial charge in [-0.1, -0.05) is 0 Å². The van der Waals surface area contributed by atoms with Crippen molar-refractivity contribution in [1.29, 1.82) is 0 Å². The van der Waals surface area contributed by atoms with E-state index in [-0.39, 0.29) is 12.0 Å². The number of rotatable bonds is 4. The van der Waals surface area contributed by atoms with Gasteiger partial charge in [0.2, 0.25) is 11.8 Å². The molecule has 2 aromatic rings. The summed E-state index contributed by atoms with van der Waals surface area (Å²) >= 11 is 3.08. The Bertz CT molecular complexity index is 620. The van der Waals surface area contributed by atoms with E-state index in [1.54, 1.807) is 24.3 Å². The number of nitrogen functional groups attached to an aromatic ring is 1. The van der Waals surface area contributed by atoms with Crippen molar-refractivity contribution >= 4 is 21.6 Å². The third-order valence-corrected chi connectivity index (χ3v) is 2.97. The summed E-state index contributed by atoms with van der Waals surface area (Å²) in [7, 11) is 0. The lowest BCUT2D eigenvalue weighted by Gasteiger charge is -2.12. The van der Waals surface area contributed by atoms with Crippen molar-refractivity contribution in [3.05, 3.63) is 40.6 Å². The van der Waals surface area contributed by atoms with Crippen LogP contribution >= 0.6 is 15.9 Å². The molecule has 0 spiro atoms. The quantitative estimate of drug-likeness (QED) is 0.908. The van der Waals surface area contributed by atoms with Crippen LogP contribution in [0.2, 0.25) is 0 Å². The van der Waals surface area contributed by atoms with Crippen molar-refractivity contribution in [3.8, 4) is 17.5 Å². The molecule has 2 rings (SSSR count). The van der Waals surface area contributed by atoms with Crippen molar-refractivity contribution < 1.29 is 13.9 Å². The van der Waals surface area contributed by atoms with Crippen molar-refractivity contribution in [2.75, 3.05) is 5.73 Å². The van der Waals surface area contributed by atoms with Crippen molar-refractivity contribution in [2.45, 2.75) is 20.0 Å². The van der Waals surface area contributed by atoms with Crippen LogP contribution in [0.25, 0.3) is 0 Å². The number of pyridine rings is 1. The second kappa shape index (κ2) is 6.09. The number of benzene rings is 1. The first-order valence-corrected chi connectivity index (χ1v) is 6.81. The third kappa shape index (κ3) is 3.60. The minimum Gasteiger partial charge on any atom is -0.473 e. The molecule has 0 fully saturated rings. The van der Waals surface area contributed by atoms with Gasteiger partial charge < -0.3 is 15.2 Å². The van der Waals surface area contributed by atoms with Gasteiger partial charge in [-0.15, -0.1) is 0 Å². The second-order valence-electron chi connectivity index (χ2n) is 4.39. The summed E-state index contributed by atoms with van der Waals surface area (Å²) in [6.07, 6.45) is -0.0508. The van der Waals surface area contributed by atoms with Crippen LogP contribution in [0.15, 0.2) is 34.8 Å². The molecule has 0 aliphatic heterocycles. The molecule has 0 atom stereocenters. The molecule has 1 aromatic carbocycles. The molecular formula is C14H14BrFN2O2. The molecule has 1 aromatic heterocycles. The first-order valence-electron chi connectivity index (χ1n) is 6.02. The van der Waals surface area contributed by atoms with Crippen LogP contribution in [-0.2, 0) is 0 Å². The summed E-state index contributed by atoms with van der Waals surface area (Å²) in [5.74, 6) is 0.529. The Hall–Kier alpha value is -1.82. The number of ether oxygens (including phenoxy) is 2. The molecule has 20 heavy (non-hydrogen) atoms. The highest BCUT2D eigenvalue weighted by atomic mass is 79.9. The lowest BCUT2D eigenvalue weighted by atomic mass is 10.3. The molecule has 0 saturated carbocycles. The Morgan fingerprint density at radius 2 is 2.00 bits per heavy atom. The molecule has 0 aliphatic rings. The Morgan fingerprint density at radius 3 is 2.65 bits per heavy atom. The average molecular weight is 341 g/mol. The van der Waals surface area contributed by atoms with Crippen LogP contribution < -0.4 is 15.2 Å². The molecule has 0 aliphatic carbocycles. The summed E-state index contributed by atoms with van der Waals surface area (Å²) in [6.45, 7) is 3.75. The van der Waals surface area contributed by atoms with Gasteiger partial charge in [-0.2, -0.15) is 4.98 Å². The SMILES string of the molecule is CC(C)Oc1nc(Oc2ccc(Br)c(F)c2)ccc1N. The highest BCUT2D eigenvalue weighted by molar-refractivity contribution is 9.10. The number of anilines is 1. The van der Waals surface area contributed by atoms with E-state index in [0.29, 0.717) is 21.8 Å². The van der Waals surface area contributed by atoms with Crippen molar-refractivity contribution in [2.24, 2.45) is 0 Å². The van der Waals surface area contributed by atoms with Crippen LogP contribution in [0.3, 0.4) is 0 Å². The van der Waals surface area contributed by atoms with Gasteiger partial charge in [-0.25, -0.2) is 4.39 Å². The zero-order valence-electron chi connectivity index (χ0n) is 11.1. The standard InChI is InChI=1S/C14H14BrFN2O2/c1-8(2)19-14-12(17)5-6-13(18-14)20-9-3-4-10(15)11(16)7-9/h3-8H,17H2,1-2H3. The molecule has 0 amide bonds. The molecule has 0 unspecified atom stereocenters. The van der Waals surface area contributed by atoms with Crippen LogP contribution in [0.1, 0.15) is 13.8 Å². The second-order valence-corrected chi connectivity index (χ2v) is 5.24. The summed E-state index contributed by atoms with van der Waals surface area (Å²) in [6, 6.07) is 7.70. The van der Waals surface area contributed by atoms with Gasteiger partial charge in [0.05, 0.1) is 16.3 Å². The highest BCUT2D eigenvalue weighted by Crippen LogP contribution is 2.28. The molecule has 0 bridgehead atoms. The van der Waals surface area contributed by atoms with Gasteiger partial charge in [-0.05, 0) is 48.0 Å².